The van der Waals surface area contributed by atoms with Crippen LogP contribution in [0.25, 0.3) is 0 Å². The highest BCUT2D eigenvalue weighted by Crippen LogP contribution is 2.16. The minimum Gasteiger partial charge on any atom is -0.459 e. The van der Waals surface area contributed by atoms with Gasteiger partial charge in [-0.1, -0.05) is 12.1 Å². The van der Waals surface area contributed by atoms with E-state index in [0.717, 1.165) is 0 Å². The van der Waals surface area contributed by atoms with Crippen molar-refractivity contribution < 1.29 is 34.1 Å². The fourth-order valence-corrected chi connectivity index (χ4v) is 1.80. The van der Waals surface area contributed by atoms with Crippen LogP contribution >= 0.6 is 0 Å². The first-order valence-corrected chi connectivity index (χ1v) is 6.04. The molecule has 3 unspecified atom stereocenters. The van der Waals surface area contributed by atoms with Crippen molar-refractivity contribution in [2.75, 3.05) is 12.3 Å². The van der Waals surface area contributed by atoms with Crippen LogP contribution < -0.4 is 5.73 Å². The first-order valence-electron chi connectivity index (χ1n) is 6.04. The smallest absolute Gasteiger partial charge is 0.343 e. The van der Waals surface area contributed by atoms with Crippen LogP contribution in [0.3, 0.4) is 0 Å². The number of ether oxygens (including phenoxy) is 2. The summed E-state index contributed by atoms with van der Waals surface area (Å²) < 4.78 is 9.31. The van der Waals surface area contributed by atoms with Gasteiger partial charge >= 0.3 is 11.9 Å². The van der Waals surface area contributed by atoms with E-state index in [-0.39, 0.29) is 11.3 Å². The molecule has 8 nitrogen and oxygen atoms in total. The van der Waals surface area contributed by atoms with Crippen molar-refractivity contribution in [2.24, 2.45) is 0 Å². The minimum absolute atomic E-state index is 0.111. The molecule has 1 heterocycles. The Kier molecular flexibility index (Phi) is 4.20. The van der Waals surface area contributed by atoms with E-state index in [0.29, 0.717) is 0 Å². The fourth-order valence-electron chi connectivity index (χ4n) is 1.80. The van der Waals surface area contributed by atoms with Crippen molar-refractivity contribution >= 4 is 23.4 Å². The molecule has 1 aliphatic heterocycles. The number of hydrogen-bond acceptors (Lipinski definition) is 8. The molecule has 4 N–H and O–H groups in total. The lowest BCUT2D eigenvalue weighted by molar-refractivity contribution is -0.151. The van der Waals surface area contributed by atoms with Gasteiger partial charge < -0.3 is 25.4 Å². The molecule has 0 amide bonds. The summed E-state index contributed by atoms with van der Waals surface area (Å²) in [6, 6.07) is 6.17. The van der Waals surface area contributed by atoms with Gasteiger partial charge in [0.2, 0.25) is 11.9 Å². The molecule has 1 saturated heterocycles. The number of aliphatic hydroxyl groups is 2. The summed E-state index contributed by atoms with van der Waals surface area (Å²) in [5, 5.41) is 18.8. The van der Waals surface area contributed by atoms with Gasteiger partial charge in [0, 0.05) is 5.69 Å². The third kappa shape index (κ3) is 3.01. The lowest BCUT2D eigenvalue weighted by Crippen LogP contribution is -2.38. The van der Waals surface area contributed by atoms with Crippen molar-refractivity contribution in [3.05, 3.63) is 29.8 Å². The zero-order valence-corrected chi connectivity index (χ0v) is 10.8. The van der Waals surface area contributed by atoms with E-state index >= 15 is 0 Å². The maximum Gasteiger partial charge on any atom is 0.343 e. The number of cyclic esters (lactones) is 1. The number of aliphatic hydroxyl groups excluding tert-OH is 2. The van der Waals surface area contributed by atoms with Crippen LogP contribution in [-0.4, -0.2) is 52.9 Å². The number of nitrogens with two attached hydrogens (primary N) is 1. The average Bonchev–Trinajstić information content (AvgIpc) is 2.72. The molecule has 0 aliphatic carbocycles. The van der Waals surface area contributed by atoms with Gasteiger partial charge in [0.05, 0.1) is 5.56 Å². The lowest BCUT2D eigenvalue weighted by atomic mass is 10.1. The number of rotatable bonds is 4. The maximum atomic E-state index is 11.7. The SMILES string of the molecule is Nc1ccccc1C(=O)OCC(O)C1OC(=O)C(O)C1=O. The number of anilines is 1. The Bertz CT molecular complexity index is 586. The number of para-hydroxylation sites is 1. The Labute approximate surface area is 119 Å². The molecule has 21 heavy (non-hydrogen) atoms. The first kappa shape index (κ1) is 14.9. The van der Waals surface area contributed by atoms with Crippen LogP contribution in [0.2, 0.25) is 0 Å². The summed E-state index contributed by atoms with van der Waals surface area (Å²) in [5.41, 5.74) is 5.90. The van der Waals surface area contributed by atoms with Crippen LogP contribution in [0, 0.1) is 0 Å². The third-order valence-corrected chi connectivity index (χ3v) is 2.93. The number of esters is 2. The van der Waals surface area contributed by atoms with Gasteiger partial charge in [0.25, 0.3) is 0 Å². The van der Waals surface area contributed by atoms with E-state index in [9.17, 15) is 19.5 Å². The molecule has 1 aliphatic rings. The standard InChI is InChI=1S/C13H13NO7/c14-7-4-2-1-3-6(7)12(18)20-5-8(15)11-9(16)10(17)13(19)21-11/h1-4,8,10-11,15,17H,5,14H2. The molecule has 112 valence electrons. The molecular weight excluding hydrogens is 282 g/mol. The number of benzene rings is 1. The zero-order chi connectivity index (χ0) is 15.6. The molecule has 0 aromatic heterocycles. The molecule has 3 atom stereocenters. The Balaban J connectivity index is 1.94. The van der Waals surface area contributed by atoms with Gasteiger partial charge in [-0.05, 0) is 12.1 Å². The van der Waals surface area contributed by atoms with Crippen molar-refractivity contribution in [1.29, 1.82) is 0 Å². The Morgan fingerprint density at radius 1 is 1.38 bits per heavy atom. The van der Waals surface area contributed by atoms with Gasteiger partial charge in [-0.3, -0.25) is 4.79 Å². The van der Waals surface area contributed by atoms with Crippen LogP contribution in [0.1, 0.15) is 10.4 Å². The molecular formula is C13H13NO7. The van der Waals surface area contributed by atoms with E-state index in [1.165, 1.54) is 12.1 Å². The molecule has 0 saturated carbocycles. The maximum absolute atomic E-state index is 11.7. The summed E-state index contributed by atoms with van der Waals surface area (Å²) in [6.45, 7) is -0.580. The lowest BCUT2D eigenvalue weighted by Gasteiger charge is -2.15. The molecule has 0 spiro atoms. The molecule has 2 rings (SSSR count). The fraction of sp³-hybridized carbons (Fsp3) is 0.308. The van der Waals surface area contributed by atoms with Crippen LogP contribution in [0.5, 0.6) is 0 Å². The predicted octanol–water partition coefficient (Wildman–Crippen LogP) is -1.36. The minimum atomic E-state index is -1.91. The second kappa shape index (κ2) is 5.90. The molecule has 1 aromatic carbocycles. The Morgan fingerprint density at radius 2 is 2.05 bits per heavy atom. The van der Waals surface area contributed by atoms with Crippen LogP contribution in [-0.2, 0) is 19.1 Å². The second-order valence-corrected chi connectivity index (χ2v) is 4.42. The van der Waals surface area contributed by atoms with Crippen molar-refractivity contribution in [3.8, 4) is 0 Å². The van der Waals surface area contributed by atoms with Crippen LogP contribution in [0.4, 0.5) is 5.69 Å². The molecule has 1 fully saturated rings. The number of carbonyl (C=O) groups excluding carboxylic acids is 3. The van der Waals surface area contributed by atoms with E-state index in [1.807, 2.05) is 0 Å². The second-order valence-electron chi connectivity index (χ2n) is 4.42. The summed E-state index contributed by atoms with van der Waals surface area (Å²) in [6.07, 6.45) is -5.02. The number of ketones is 1. The summed E-state index contributed by atoms with van der Waals surface area (Å²) in [4.78, 5) is 34.1. The highest BCUT2D eigenvalue weighted by Gasteiger charge is 2.46. The van der Waals surface area contributed by atoms with Crippen molar-refractivity contribution in [3.63, 3.8) is 0 Å². The third-order valence-electron chi connectivity index (χ3n) is 2.93. The van der Waals surface area contributed by atoms with Gasteiger partial charge in [-0.25, -0.2) is 9.59 Å². The van der Waals surface area contributed by atoms with Crippen molar-refractivity contribution in [1.82, 2.24) is 0 Å². The highest BCUT2D eigenvalue weighted by molar-refractivity contribution is 6.09. The van der Waals surface area contributed by atoms with Gasteiger partial charge in [0.15, 0.2) is 6.10 Å². The topological polar surface area (TPSA) is 136 Å². The van der Waals surface area contributed by atoms with Crippen LogP contribution in [0.15, 0.2) is 24.3 Å². The van der Waals surface area contributed by atoms with E-state index < -0.39 is 42.6 Å². The molecule has 0 radical (unpaired) electrons. The van der Waals surface area contributed by atoms with E-state index in [2.05, 4.69) is 4.74 Å². The quantitative estimate of drug-likeness (QED) is 0.352. The number of nitrogen functional groups attached to an aromatic ring is 1. The zero-order valence-electron chi connectivity index (χ0n) is 10.8. The van der Waals surface area contributed by atoms with Gasteiger partial charge in [-0.15, -0.1) is 0 Å². The molecule has 0 bridgehead atoms. The van der Waals surface area contributed by atoms with Crippen molar-refractivity contribution in [2.45, 2.75) is 18.3 Å². The monoisotopic (exact) mass is 295 g/mol. The van der Waals surface area contributed by atoms with Gasteiger partial charge in [0.1, 0.15) is 12.7 Å². The van der Waals surface area contributed by atoms with Gasteiger partial charge in [-0.2, -0.15) is 0 Å². The summed E-state index contributed by atoms with van der Waals surface area (Å²) in [7, 11) is 0. The molecule has 1 aromatic rings. The normalized spacial score (nSPS) is 22.8. The predicted molar refractivity (Wildman–Crippen MR) is 68.0 cm³/mol. The summed E-state index contributed by atoms with van der Waals surface area (Å²) >= 11 is 0. The first-order chi connectivity index (χ1) is 9.91. The number of Topliss-reactive ketones (excluding diaryl/α,β-unsaturated/α-hetero) is 1. The molecule has 8 heteroatoms. The van der Waals surface area contributed by atoms with E-state index in [1.54, 1.807) is 12.1 Å². The number of carbonyl (C=O) groups is 3. The average molecular weight is 295 g/mol. The van der Waals surface area contributed by atoms with E-state index in [4.69, 9.17) is 15.6 Å². The highest BCUT2D eigenvalue weighted by atomic mass is 16.6. The largest absolute Gasteiger partial charge is 0.459 e. The number of hydrogen-bond donors (Lipinski definition) is 3. The Morgan fingerprint density at radius 3 is 2.62 bits per heavy atom. The summed E-state index contributed by atoms with van der Waals surface area (Å²) in [5.74, 6) is -2.89. The Hall–Kier alpha value is -2.45.